The number of fused-ring (bicyclic) bond motifs is 1. The van der Waals surface area contributed by atoms with Crippen molar-refractivity contribution in [2.45, 2.75) is 65.6 Å². The van der Waals surface area contributed by atoms with Crippen LogP contribution in [0, 0.1) is 0 Å². The molecule has 2 aromatic carbocycles. The van der Waals surface area contributed by atoms with Crippen molar-refractivity contribution in [3.8, 4) is 17.2 Å². The number of aromatic nitrogens is 1. The van der Waals surface area contributed by atoms with E-state index in [4.69, 9.17) is 30.2 Å². The van der Waals surface area contributed by atoms with Crippen molar-refractivity contribution in [2.75, 3.05) is 38.2 Å². The summed E-state index contributed by atoms with van der Waals surface area (Å²) >= 11 is 6.45. The van der Waals surface area contributed by atoms with Crippen molar-refractivity contribution in [3.63, 3.8) is 0 Å². The van der Waals surface area contributed by atoms with Gasteiger partial charge in [0.1, 0.15) is 27.8 Å². The molecule has 0 atom stereocenters. The summed E-state index contributed by atoms with van der Waals surface area (Å²) in [6.45, 7) is 13.4. The second kappa shape index (κ2) is 12.8. The predicted octanol–water partition coefficient (Wildman–Crippen LogP) is 5.65. The molecule has 1 fully saturated rings. The molecule has 0 saturated carbocycles. The van der Waals surface area contributed by atoms with Gasteiger partial charge in [-0.1, -0.05) is 11.6 Å². The number of halogens is 1. The molecular formula is C29H39ClN4O5. The van der Waals surface area contributed by atoms with E-state index < -0.39 is 0 Å². The smallest absolute Gasteiger partial charge is 0.295 e. The van der Waals surface area contributed by atoms with Crippen LogP contribution in [0.15, 0.2) is 34.7 Å². The summed E-state index contributed by atoms with van der Waals surface area (Å²) in [6, 6.07) is 10.1. The fourth-order valence-corrected chi connectivity index (χ4v) is 4.79. The zero-order valence-corrected chi connectivity index (χ0v) is 24.2. The maximum absolute atomic E-state index is 12.0. The van der Waals surface area contributed by atoms with E-state index in [1.54, 1.807) is 12.1 Å². The van der Waals surface area contributed by atoms with Gasteiger partial charge in [-0.05, 0) is 77.3 Å². The van der Waals surface area contributed by atoms with E-state index in [0.717, 1.165) is 38.0 Å². The summed E-state index contributed by atoms with van der Waals surface area (Å²) in [5, 5.41) is 6.85. The van der Waals surface area contributed by atoms with Crippen LogP contribution < -0.4 is 24.8 Å². The van der Waals surface area contributed by atoms with E-state index in [1.807, 2.05) is 52.8 Å². The zero-order valence-electron chi connectivity index (χ0n) is 23.4. The molecule has 1 aromatic heterocycles. The monoisotopic (exact) mass is 558 g/mol. The molecule has 0 aliphatic carbocycles. The van der Waals surface area contributed by atoms with Gasteiger partial charge in [0.2, 0.25) is 0 Å². The number of oxazole rings is 1. The molecule has 3 aromatic rings. The topological polar surface area (TPSA) is 98.1 Å². The number of ether oxygens (including phenoxy) is 3. The Bertz CT molecular complexity index is 1240. The third-order valence-corrected chi connectivity index (χ3v) is 6.60. The SMILES string of the molecule is CCOc1cc(CN2CCC(Nc3nc4cc(OCC(=O)NC(C)(C)C)ccc4o3)CC2)cc(OCC)c1Cl. The molecule has 1 saturated heterocycles. The molecule has 1 aliphatic rings. The van der Waals surface area contributed by atoms with Crippen molar-refractivity contribution in [3.05, 3.63) is 40.9 Å². The number of carbonyl (C=O) groups excluding carboxylic acids is 1. The van der Waals surface area contributed by atoms with Gasteiger partial charge in [0, 0.05) is 37.3 Å². The Morgan fingerprint density at radius 1 is 1.08 bits per heavy atom. The number of hydrogen-bond acceptors (Lipinski definition) is 8. The Morgan fingerprint density at radius 3 is 2.36 bits per heavy atom. The van der Waals surface area contributed by atoms with Gasteiger partial charge in [0.05, 0.1) is 13.2 Å². The van der Waals surface area contributed by atoms with Crippen LogP contribution >= 0.6 is 11.6 Å². The number of anilines is 1. The van der Waals surface area contributed by atoms with Crippen molar-refractivity contribution in [1.29, 1.82) is 0 Å². The Labute approximate surface area is 235 Å². The van der Waals surface area contributed by atoms with Gasteiger partial charge in [-0.25, -0.2) is 0 Å². The molecule has 10 heteroatoms. The minimum atomic E-state index is -0.302. The minimum absolute atomic E-state index is 0.0553. The quantitative estimate of drug-likeness (QED) is 0.311. The van der Waals surface area contributed by atoms with Crippen LogP contribution in [-0.2, 0) is 11.3 Å². The molecule has 0 bridgehead atoms. The minimum Gasteiger partial charge on any atom is -0.492 e. The van der Waals surface area contributed by atoms with Gasteiger partial charge in [0.25, 0.3) is 11.9 Å². The number of likely N-dealkylation sites (tertiary alicyclic amines) is 1. The molecule has 1 aliphatic heterocycles. The van der Waals surface area contributed by atoms with Crippen LogP contribution in [0.1, 0.15) is 53.0 Å². The molecule has 0 unspecified atom stereocenters. The second-order valence-electron chi connectivity index (χ2n) is 10.7. The molecule has 212 valence electrons. The lowest BCUT2D eigenvalue weighted by atomic mass is 10.0. The van der Waals surface area contributed by atoms with Crippen LogP contribution in [0.4, 0.5) is 6.01 Å². The lowest BCUT2D eigenvalue weighted by molar-refractivity contribution is -0.124. The van der Waals surface area contributed by atoms with Gasteiger partial charge in [-0.3, -0.25) is 9.69 Å². The van der Waals surface area contributed by atoms with Gasteiger partial charge in [-0.15, -0.1) is 0 Å². The van der Waals surface area contributed by atoms with Crippen LogP contribution in [0.2, 0.25) is 5.02 Å². The van der Waals surface area contributed by atoms with Crippen LogP contribution in [0.3, 0.4) is 0 Å². The summed E-state index contributed by atoms with van der Waals surface area (Å²) in [5.74, 6) is 1.72. The van der Waals surface area contributed by atoms with Crippen LogP contribution in [0.25, 0.3) is 11.1 Å². The van der Waals surface area contributed by atoms with E-state index in [-0.39, 0.29) is 24.1 Å². The van der Waals surface area contributed by atoms with Crippen molar-refractivity contribution < 1.29 is 23.4 Å². The maximum atomic E-state index is 12.0. The highest BCUT2D eigenvalue weighted by Crippen LogP contribution is 2.36. The van der Waals surface area contributed by atoms with Crippen molar-refractivity contribution >= 4 is 34.6 Å². The first kappa shape index (κ1) is 28.8. The summed E-state index contributed by atoms with van der Waals surface area (Å²) < 4.78 is 23.0. The first-order chi connectivity index (χ1) is 18.6. The Kier molecular flexibility index (Phi) is 9.45. The third kappa shape index (κ3) is 8.16. The van der Waals surface area contributed by atoms with Gasteiger partial charge >= 0.3 is 0 Å². The highest BCUT2D eigenvalue weighted by atomic mass is 35.5. The second-order valence-corrected chi connectivity index (χ2v) is 11.1. The maximum Gasteiger partial charge on any atom is 0.295 e. The van der Waals surface area contributed by atoms with Gasteiger partial charge < -0.3 is 29.3 Å². The average Bonchev–Trinajstić information content (AvgIpc) is 3.27. The summed E-state index contributed by atoms with van der Waals surface area (Å²) in [6.07, 6.45) is 1.92. The highest BCUT2D eigenvalue weighted by molar-refractivity contribution is 6.33. The van der Waals surface area contributed by atoms with Crippen molar-refractivity contribution in [1.82, 2.24) is 15.2 Å². The molecule has 39 heavy (non-hydrogen) atoms. The van der Waals surface area contributed by atoms with Gasteiger partial charge in [0.15, 0.2) is 12.2 Å². The predicted molar refractivity (Wildman–Crippen MR) is 153 cm³/mol. The number of hydrogen-bond donors (Lipinski definition) is 2. The fraction of sp³-hybridized carbons (Fsp3) is 0.517. The molecular weight excluding hydrogens is 520 g/mol. The number of nitrogens with zero attached hydrogens (tertiary/aromatic N) is 2. The number of rotatable bonds is 11. The molecule has 0 radical (unpaired) electrons. The third-order valence-electron chi connectivity index (χ3n) is 6.23. The van der Waals surface area contributed by atoms with Crippen molar-refractivity contribution in [2.24, 2.45) is 0 Å². The number of amides is 1. The standard InChI is InChI=1S/C29H39ClN4O5/c1-6-36-24-14-19(15-25(27(24)30)37-7-2)17-34-12-10-20(11-13-34)31-28-32-22-16-21(8-9-23(22)39-28)38-18-26(35)33-29(3,4)5/h8-9,14-16,20H,6-7,10-13,17-18H2,1-5H3,(H,31,32)(H,33,35). The highest BCUT2D eigenvalue weighted by Gasteiger charge is 2.22. The van der Waals surface area contributed by atoms with Gasteiger partial charge in [-0.2, -0.15) is 4.98 Å². The van der Waals surface area contributed by atoms with Crippen LogP contribution in [-0.4, -0.2) is 60.3 Å². The van der Waals surface area contributed by atoms with E-state index in [0.29, 0.717) is 52.6 Å². The Hall–Kier alpha value is -3.17. The average molecular weight is 559 g/mol. The molecule has 4 rings (SSSR count). The van der Waals surface area contributed by atoms with E-state index in [2.05, 4.69) is 20.5 Å². The number of benzene rings is 2. The summed E-state index contributed by atoms with van der Waals surface area (Å²) in [4.78, 5) is 19.0. The van der Waals surface area contributed by atoms with E-state index in [9.17, 15) is 4.79 Å². The number of carbonyl (C=O) groups is 1. The van der Waals surface area contributed by atoms with Crippen LogP contribution in [0.5, 0.6) is 17.2 Å². The first-order valence-corrected chi connectivity index (χ1v) is 13.9. The van der Waals surface area contributed by atoms with E-state index >= 15 is 0 Å². The molecule has 2 heterocycles. The first-order valence-electron chi connectivity index (χ1n) is 13.5. The number of piperidine rings is 1. The Morgan fingerprint density at radius 2 is 1.74 bits per heavy atom. The lowest BCUT2D eigenvalue weighted by Crippen LogP contribution is -2.43. The molecule has 1 amide bonds. The normalized spacial score (nSPS) is 14.8. The summed E-state index contributed by atoms with van der Waals surface area (Å²) in [7, 11) is 0. The molecule has 2 N–H and O–H groups in total. The van der Waals surface area contributed by atoms with E-state index in [1.165, 1.54) is 0 Å². The zero-order chi connectivity index (χ0) is 28.0. The molecule has 9 nitrogen and oxygen atoms in total. The number of nitrogens with one attached hydrogen (secondary N) is 2. The Balaban J connectivity index is 1.30. The largest absolute Gasteiger partial charge is 0.492 e. The summed E-state index contributed by atoms with van der Waals surface area (Å²) in [5.41, 5.74) is 2.16. The fourth-order valence-electron chi connectivity index (χ4n) is 4.57. The molecule has 0 spiro atoms. The lowest BCUT2D eigenvalue weighted by Gasteiger charge is -2.32.